The molecular formula is C13H19ClN2S. The Hall–Kier alpha value is -0.800. The van der Waals surface area contributed by atoms with Gasteiger partial charge < -0.3 is 10.6 Å². The molecule has 0 amide bonds. The molecule has 1 rings (SSSR count). The first kappa shape index (κ1) is 14.3. The predicted octanol–water partition coefficient (Wildman–Crippen LogP) is 3.60. The summed E-state index contributed by atoms with van der Waals surface area (Å²) in [6.07, 6.45) is 2.37. The maximum atomic E-state index is 6.17. The van der Waals surface area contributed by atoms with E-state index in [0.717, 1.165) is 24.3 Å². The molecule has 0 saturated heterocycles. The number of nitrogens with zero attached hydrogens (tertiary/aromatic N) is 1. The lowest BCUT2D eigenvalue weighted by Gasteiger charge is -2.23. The van der Waals surface area contributed by atoms with Crippen molar-refractivity contribution < 1.29 is 0 Å². The van der Waals surface area contributed by atoms with Crippen LogP contribution in [0.15, 0.2) is 18.2 Å². The van der Waals surface area contributed by atoms with Gasteiger partial charge in [0.1, 0.15) is 4.99 Å². The van der Waals surface area contributed by atoms with Gasteiger partial charge >= 0.3 is 0 Å². The second kappa shape index (κ2) is 6.82. The van der Waals surface area contributed by atoms with Gasteiger partial charge in [-0.25, -0.2) is 0 Å². The molecule has 0 aliphatic carbocycles. The number of hydrogen-bond acceptors (Lipinski definition) is 2. The van der Waals surface area contributed by atoms with Gasteiger partial charge in [0.25, 0.3) is 0 Å². The van der Waals surface area contributed by atoms with E-state index in [4.69, 9.17) is 29.6 Å². The average Bonchev–Trinajstić information content (AvgIpc) is 2.29. The highest BCUT2D eigenvalue weighted by atomic mass is 35.5. The fourth-order valence-electron chi connectivity index (χ4n) is 1.72. The molecule has 0 aliphatic rings. The van der Waals surface area contributed by atoms with Gasteiger partial charge in [-0.2, -0.15) is 0 Å². The van der Waals surface area contributed by atoms with Crippen LogP contribution >= 0.6 is 23.8 Å². The summed E-state index contributed by atoms with van der Waals surface area (Å²) in [6, 6.07) is 5.86. The number of rotatable bonds is 6. The number of unbranched alkanes of at least 4 members (excludes halogenated alkanes) is 1. The monoisotopic (exact) mass is 270 g/mol. The first-order valence-corrected chi connectivity index (χ1v) is 6.73. The van der Waals surface area contributed by atoms with Gasteiger partial charge in [-0.15, -0.1) is 0 Å². The summed E-state index contributed by atoms with van der Waals surface area (Å²) in [5.74, 6) is 0. The number of benzene rings is 1. The number of halogens is 1. The van der Waals surface area contributed by atoms with E-state index in [9.17, 15) is 0 Å². The normalized spacial score (nSPS) is 10.3. The molecule has 17 heavy (non-hydrogen) atoms. The number of anilines is 1. The molecule has 0 radical (unpaired) electrons. The van der Waals surface area contributed by atoms with Crippen LogP contribution in [0.3, 0.4) is 0 Å². The Morgan fingerprint density at radius 3 is 2.59 bits per heavy atom. The van der Waals surface area contributed by atoms with Gasteiger partial charge in [-0.05, 0) is 31.5 Å². The van der Waals surface area contributed by atoms with E-state index in [0.29, 0.717) is 10.0 Å². The molecule has 0 spiro atoms. The number of hydrogen-bond donors (Lipinski definition) is 1. The molecule has 0 atom stereocenters. The van der Waals surface area contributed by atoms with E-state index in [1.54, 1.807) is 0 Å². The second-order valence-electron chi connectivity index (χ2n) is 3.96. The van der Waals surface area contributed by atoms with Crippen molar-refractivity contribution in [2.75, 3.05) is 18.0 Å². The fourth-order valence-corrected chi connectivity index (χ4v) is 2.23. The molecule has 0 aromatic heterocycles. The second-order valence-corrected chi connectivity index (χ2v) is 4.81. The van der Waals surface area contributed by atoms with Crippen molar-refractivity contribution in [3.8, 4) is 0 Å². The minimum atomic E-state index is 0.346. The lowest BCUT2D eigenvalue weighted by Crippen LogP contribution is -2.24. The molecule has 2 N–H and O–H groups in total. The van der Waals surface area contributed by atoms with Crippen molar-refractivity contribution in [1.29, 1.82) is 0 Å². The van der Waals surface area contributed by atoms with Crippen LogP contribution in [0.2, 0.25) is 5.02 Å². The van der Waals surface area contributed by atoms with Gasteiger partial charge in [0.2, 0.25) is 0 Å². The van der Waals surface area contributed by atoms with Crippen molar-refractivity contribution in [3.05, 3.63) is 28.8 Å². The Labute approximate surface area is 114 Å². The minimum Gasteiger partial charge on any atom is -0.389 e. The number of nitrogens with two attached hydrogens (primary N) is 1. The fraction of sp³-hybridized carbons (Fsp3) is 0.462. The Kier molecular flexibility index (Phi) is 5.72. The Morgan fingerprint density at radius 2 is 2.12 bits per heavy atom. The molecule has 4 heteroatoms. The van der Waals surface area contributed by atoms with Crippen LogP contribution in [0.25, 0.3) is 0 Å². The molecule has 0 fully saturated rings. The van der Waals surface area contributed by atoms with Crippen LogP contribution < -0.4 is 10.6 Å². The SMILES string of the molecule is CCCCN(CC)c1ccc(C(N)=S)c(Cl)c1. The minimum absolute atomic E-state index is 0.346. The van der Waals surface area contributed by atoms with E-state index >= 15 is 0 Å². The van der Waals surface area contributed by atoms with Crippen molar-refractivity contribution in [3.63, 3.8) is 0 Å². The van der Waals surface area contributed by atoms with E-state index in [2.05, 4.69) is 18.7 Å². The first-order valence-electron chi connectivity index (χ1n) is 5.94. The lowest BCUT2D eigenvalue weighted by molar-refractivity contribution is 0.732. The molecule has 0 bridgehead atoms. The molecule has 0 heterocycles. The van der Waals surface area contributed by atoms with E-state index < -0.39 is 0 Å². The smallest absolute Gasteiger partial charge is 0.105 e. The van der Waals surface area contributed by atoms with Crippen molar-refractivity contribution >= 4 is 34.5 Å². The zero-order valence-electron chi connectivity index (χ0n) is 10.4. The van der Waals surface area contributed by atoms with Gasteiger partial charge in [0.05, 0.1) is 5.02 Å². The van der Waals surface area contributed by atoms with Crippen LogP contribution in [0.1, 0.15) is 32.3 Å². The highest BCUT2D eigenvalue weighted by molar-refractivity contribution is 7.80. The molecule has 0 unspecified atom stereocenters. The van der Waals surface area contributed by atoms with E-state index in [-0.39, 0.29) is 0 Å². The molecular weight excluding hydrogens is 252 g/mol. The van der Waals surface area contributed by atoms with E-state index in [1.165, 1.54) is 12.8 Å². The predicted molar refractivity (Wildman–Crippen MR) is 80.1 cm³/mol. The Bertz CT molecular complexity index is 393. The molecule has 1 aromatic rings. The summed E-state index contributed by atoms with van der Waals surface area (Å²) in [4.78, 5) is 2.65. The molecule has 1 aromatic carbocycles. The summed E-state index contributed by atoms with van der Waals surface area (Å²) in [5, 5.41) is 0.630. The van der Waals surface area contributed by atoms with Crippen LogP contribution in [0, 0.1) is 0 Å². The van der Waals surface area contributed by atoms with Crippen LogP contribution in [-0.2, 0) is 0 Å². The van der Waals surface area contributed by atoms with Gasteiger partial charge in [0, 0.05) is 24.3 Å². The summed E-state index contributed by atoms with van der Waals surface area (Å²) >= 11 is 11.1. The summed E-state index contributed by atoms with van der Waals surface area (Å²) < 4.78 is 0. The van der Waals surface area contributed by atoms with Gasteiger partial charge in [0.15, 0.2) is 0 Å². The summed E-state index contributed by atoms with van der Waals surface area (Å²) in [5.41, 5.74) is 7.46. The highest BCUT2D eigenvalue weighted by Gasteiger charge is 2.08. The zero-order chi connectivity index (χ0) is 12.8. The first-order chi connectivity index (χ1) is 8.10. The zero-order valence-corrected chi connectivity index (χ0v) is 11.9. The van der Waals surface area contributed by atoms with Crippen LogP contribution in [0.5, 0.6) is 0 Å². The molecule has 2 nitrogen and oxygen atoms in total. The topological polar surface area (TPSA) is 29.3 Å². The molecule has 94 valence electrons. The van der Waals surface area contributed by atoms with Gasteiger partial charge in [-0.3, -0.25) is 0 Å². The van der Waals surface area contributed by atoms with Crippen LogP contribution in [0.4, 0.5) is 5.69 Å². The standard InChI is InChI=1S/C13H19ClN2S/c1-3-5-8-16(4-2)10-6-7-11(13(15)17)12(14)9-10/h6-7,9H,3-5,8H2,1-2H3,(H2,15,17). The number of thiocarbonyl (C=S) groups is 1. The quantitative estimate of drug-likeness (QED) is 0.801. The summed E-state index contributed by atoms with van der Waals surface area (Å²) in [6.45, 7) is 6.36. The van der Waals surface area contributed by atoms with Crippen molar-refractivity contribution in [1.82, 2.24) is 0 Å². The Balaban J connectivity index is 2.90. The van der Waals surface area contributed by atoms with Crippen molar-refractivity contribution in [2.45, 2.75) is 26.7 Å². The maximum absolute atomic E-state index is 6.17. The van der Waals surface area contributed by atoms with Crippen LogP contribution in [-0.4, -0.2) is 18.1 Å². The average molecular weight is 271 g/mol. The highest BCUT2D eigenvalue weighted by Crippen LogP contribution is 2.24. The Morgan fingerprint density at radius 1 is 1.41 bits per heavy atom. The third-order valence-electron chi connectivity index (χ3n) is 2.75. The maximum Gasteiger partial charge on any atom is 0.105 e. The molecule has 0 saturated carbocycles. The third-order valence-corrected chi connectivity index (χ3v) is 3.28. The third kappa shape index (κ3) is 3.86. The van der Waals surface area contributed by atoms with E-state index in [1.807, 2.05) is 18.2 Å². The summed E-state index contributed by atoms with van der Waals surface area (Å²) in [7, 11) is 0. The molecule has 0 aliphatic heterocycles. The largest absolute Gasteiger partial charge is 0.389 e. The lowest BCUT2D eigenvalue weighted by atomic mass is 10.2. The van der Waals surface area contributed by atoms with Crippen molar-refractivity contribution in [2.24, 2.45) is 5.73 Å². The van der Waals surface area contributed by atoms with Gasteiger partial charge in [-0.1, -0.05) is 37.2 Å².